The lowest BCUT2D eigenvalue weighted by Crippen LogP contribution is -2.49. The monoisotopic (exact) mass is 412 g/mol. The molecule has 152 valence electrons. The van der Waals surface area contributed by atoms with Crippen LogP contribution in [0.2, 0.25) is 18.1 Å². The summed E-state index contributed by atoms with van der Waals surface area (Å²) in [4.78, 5) is 0.316. The van der Waals surface area contributed by atoms with E-state index in [1.807, 2.05) is 6.07 Å². The van der Waals surface area contributed by atoms with Gasteiger partial charge in [0.1, 0.15) is 6.10 Å². The molecule has 0 radical (unpaired) electrons. The summed E-state index contributed by atoms with van der Waals surface area (Å²) in [7, 11) is -5.36. The molecule has 2 aliphatic heterocycles. The molecule has 0 N–H and O–H groups in total. The maximum absolute atomic E-state index is 12.7. The van der Waals surface area contributed by atoms with E-state index in [9.17, 15) is 8.42 Å². The number of rotatable bonds is 6. The van der Waals surface area contributed by atoms with Gasteiger partial charge in [-0.25, -0.2) is 8.42 Å². The molecule has 2 aliphatic rings. The molecule has 27 heavy (non-hydrogen) atoms. The second-order valence-electron chi connectivity index (χ2n) is 9.10. The van der Waals surface area contributed by atoms with Gasteiger partial charge in [0.05, 0.1) is 17.1 Å². The van der Waals surface area contributed by atoms with E-state index < -0.39 is 23.6 Å². The average Bonchev–Trinajstić information content (AvgIpc) is 3.36. The molecule has 0 aromatic heterocycles. The molecule has 1 aromatic carbocycles. The number of epoxide rings is 1. The first-order valence-electron chi connectivity index (χ1n) is 9.76. The maximum atomic E-state index is 12.7. The third kappa shape index (κ3) is 4.64. The van der Waals surface area contributed by atoms with Crippen LogP contribution in [0.1, 0.15) is 40.0 Å². The molecule has 2 heterocycles. The van der Waals surface area contributed by atoms with Crippen molar-refractivity contribution < 1.29 is 22.3 Å². The van der Waals surface area contributed by atoms with E-state index in [0.717, 1.165) is 12.8 Å². The molecule has 2 saturated heterocycles. The van der Waals surface area contributed by atoms with Crippen LogP contribution in [-0.4, -0.2) is 47.1 Å². The van der Waals surface area contributed by atoms with Crippen LogP contribution in [0, 0.1) is 0 Å². The summed E-state index contributed by atoms with van der Waals surface area (Å²) in [6.45, 7) is 11.9. The van der Waals surface area contributed by atoms with Crippen LogP contribution in [0.25, 0.3) is 0 Å². The fourth-order valence-electron chi connectivity index (χ4n) is 3.26. The summed E-state index contributed by atoms with van der Waals surface area (Å²) in [6.07, 6.45) is 2.10. The highest BCUT2D eigenvalue weighted by atomic mass is 32.2. The Kier molecular flexibility index (Phi) is 5.90. The standard InChI is InChI=1S/C20H32O5SSi/c1-20(2,3)27(4,5)25-16-12-9-13-23-17(16)14-18-19(24-18)26(21,22)15-10-7-6-8-11-15/h6-8,10-11,16-19H,9,12-14H2,1-5H3/t16-,17+,18?,19?/m0/s1. The van der Waals surface area contributed by atoms with Gasteiger partial charge in [0.15, 0.2) is 13.8 Å². The van der Waals surface area contributed by atoms with E-state index in [-0.39, 0.29) is 23.4 Å². The van der Waals surface area contributed by atoms with Gasteiger partial charge >= 0.3 is 0 Å². The smallest absolute Gasteiger partial charge is 0.207 e. The van der Waals surface area contributed by atoms with Crippen molar-refractivity contribution in [1.82, 2.24) is 0 Å². The number of sulfone groups is 1. The molecule has 0 amide bonds. The van der Waals surface area contributed by atoms with Gasteiger partial charge in [-0.15, -0.1) is 0 Å². The molecule has 7 heteroatoms. The van der Waals surface area contributed by atoms with Crippen molar-refractivity contribution >= 4 is 18.2 Å². The Balaban J connectivity index is 1.65. The topological polar surface area (TPSA) is 65.1 Å². The summed E-state index contributed by atoms with van der Waals surface area (Å²) < 4.78 is 43.6. The SMILES string of the molecule is CC(C)(C)[Si](C)(C)O[C@H]1CCCO[C@@H]1CC1OC1S(=O)(=O)c1ccccc1. The number of ether oxygens (including phenoxy) is 2. The minimum absolute atomic E-state index is 0.0175. The predicted octanol–water partition coefficient (Wildman–Crippen LogP) is 4.14. The predicted molar refractivity (Wildman–Crippen MR) is 108 cm³/mol. The highest BCUT2D eigenvalue weighted by molar-refractivity contribution is 7.92. The lowest BCUT2D eigenvalue weighted by atomic mass is 10.0. The summed E-state index contributed by atoms with van der Waals surface area (Å²) in [5, 5.41) is 0.129. The number of hydrogen-bond acceptors (Lipinski definition) is 5. The molecule has 0 aliphatic carbocycles. The van der Waals surface area contributed by atoms with Crippen LogP contribution in [0.3, 0.4) is 0 Å². The van der Waals surface area contributed by atoms with E-state index in [1.165, 1.54) is 0 Å². The van der Waals surface area contributed by atoms with Crippen molar-refractivity contribution in [2.45, 2.75) is 86.8 Å². The zero-order chi connectivity index (χ0) is 19.9. The second kappa shape index (κ2) is 7.59. The van der Waals surface area contributed by atoms with Crippen molar-refractivity contribution in [2.24, 2.45) is 0 Å². The first-order valence-corrected chi connectivity index (χ1v) is 14.2. The Morgan fingerprint density at radius 1 is 1.15 bits per heavy atom. The molecule has 4 atom stereocenters. The van der Waals surface area contributed by atoms with Gasteiger partial charge in [-0.2, -0.15) is 0 Å². The summed E-state index contributed by atoms with van der Waals surface area (Å²) >= 11 is 0. The second-order valence-corrected chi connectivity index (χ2v) is 15.9. The van der Waals surface area contributed by atoms with Gasteiger partial charge in [0, 0.05) is 13.0 Å². The molecule has 5 nitrogen and oxygen atoms in total. The van der Waals surface area contributed by atoms with Crippen molar-refractivity contribution in [1.29, 1.82) is 0 Å². The van der Waals surface area contributed by atoms with Crippen LogP contribution in [0.15, 0.2) is 35.2 Å². The first-order chi connectivity index (χ1) is 12.5. The van der Waals surface area contributed by atoms with Crippen molar-refractivity contribution in [3.63, 3.8) is 0 Å². The van der Waals surface area contributed by atoms with E-state index in [2.05, 4.69) is 33.9 Å². The number of hydrogen-bond donors (Lipinski definition) is 0. The van der Waals surface area contributed by atoms with Crippen LogP contribution < -0.4 is 0 Å². The van der Waals surface area contributed by atoms with Crippen molar-refractivity contribution in [2.75, 3.05) is 6.61 Å². The Morgan fingerprint density at radius 2 is 1.81 bits per heavy atom. The average molecular weight is 413 g/mol. The van der Waals surface area contributed by atoms with Gasteiger partial charge < -0.3 is 13.9 Å². The van der Waals surface area contributed by atoms with Crippen LogP contribution in [-0.2, 0) is 23.7 Å². The Labute approximate surface area is 164 Å². The molecular weight excluding hydrogens is 380 g/mol. The Hall–Kier alpha value is -0.733. The lowest BCUT2D eigenvalue weighted by molar-refractivity contribution is -0.0732. The fourth-order valence-corrected chi connectivity index (χ4v) is 6.25. The van der Waals surface area contributed by atoms with Crippen LogP contribution in [0.4, 0.5) is 0 Å². The van der Waals surface area contributed by atoms with E-state index >= 15 is 0 Å². The largest absolute Gasteiger partial charge is 0.411 e. The van der Waals surface area contributed by atoms with Gasteiger partial charge in [0.25, 0.3) is 0 Å². The quantitative estimate of drug-likeness (QED) is 0.519. The Bertz CT molecular complexity index is 741. The van der Waals surface area contributed by atoms with Crippen molar-refractivity contribution in [3.8, 4) is 0 Å². The maximum Gasteiger partial charge on any atom is 0.207 e. The lowest BCUT2D eigenvalue weighted by Gasteiger charge is -2.42. The highest BCUT2D eigenvalue weighted by Gasteiger charge is 2.52. The minimum atomic E-state index is -3.45. The van der Waals surface area contributed by atoms with E-state index in [4.69, 9.17) is 13.9 Å². The third-order valence-corrected chi connectivity index (χ3v) is 12.5. The molecule has 3 rings (SSSR count). The minimum Gasteiger partial charge on any atom is -0.411 e. The molecule has 1 aromatic rings. The normalized spacial score (nSPS) is 29.5. The van der Waals surface area contributed by atoms with Crippen LogP contribution in [0.5, 0.6) is 0 Å². The zero-order valence-corrected chi connectivity index (χ0v) is 18.8. The van der Waals surface area contributed by atoms with E-state index in [0.29, 0.717) is 17.9 Å². The molecule has 0 bridgehead atoms. The molecule has 2 fully saturated rings. The molecule has 0 saturated carbocycles. The molecule has 0 spiro atoms. The molecule has 2 unspecified atom stereocenters. The van der Waals surface area contributed by atoms with Gasteiger partial charge in [-0.1, -0.05) is 39.0 Å². The number of benzene rings is 1. The van der Waals surface area contributed by atoms with E-state index in [1.54, 1.807) is 24.3 Å². The first kappa shape index (κ1) is 21.0. The molecular formula is C20H32O5SSi. The van der Waals surface area contributed by atoms with Crippen LogP contribution >= 0.6 is 0 Å². The van der Waals surface area contributed by atoms with Gasteiger partial charge in [0.2, 0.25) is 9.84 Å². The van der Waals surface area contributed by atoms with Gasteiger partial charge in [-0.3, -0.25) is 0 Å². The van der Waals surface area contributed by atoms with Gasteiger partial charge in [-0.05, 0) is 43.1 Å². The Morgan fingerprint density at radius 3 is 2.44 bits per heavy atom. The summed E-state index contributed by atoms with van der Waals surface area (Å²) in [5.41, 5.74) is -0.765. The fraction of sp³-hybridized carbons (Fsp3) is 0.700. The van der Waals surface area contributed by atoms with Crippen molar-refractivity contribution in [3.05, 3.63) is 30.3 Å². The summed E-state index contributed by atoms with van der Waals surface area (Å²) in [6, 6.07) is 8.52. The third-order valence-electron chi connectivity index (χ3n) is 6.01. The highest BCUT2D eigenvalue weighted by Crippen LogP contribution is 2.41. The zero-order valence-electron chi connectivity index (χ0n) is 17.0. The summed E-state index contributed by atoms with van der Waals surface area (Å²) in [5.74, 6) is 0.